The van der Waals surface area contributed by atoms with Crippen molar-refractivity contribution >= 4 is 23.2 Å². The zero-order valence-corrected chi connectivity index (χ0v) is 16.3. The molecule has 3 aromatic rings. The molecule has 1 aliphatic rings. The fourth-order valence-electron chi connectivity index (χ4n) is 3.43. The van der Waals surface area contributed by atoms with Crippen LogP contribution in [0.2, 0.25) is 0 Å². The molecule has 0 aliphatic carbocycles. The molecule has 0 bridgehead atoms. The second-order valence-corrected chi connectivity index (χ2v) is 7.01. The average molecular weight is 390 g/mol. The predicted octanol–water partition coefficient (Wildman–Crippen LogP) is 3.07. The van der Waals surface area contributed by atoms with Crippen LogP contribution in [0.25, 0.3) is 0 Å². The molecule has 1 aliphatic heterocycles. The van der Waals surface area contributed by atoms with E-state index < -0.39 is 11.5 Å². The average Bonchev–Trinajstić information content (AvgIpc) is 3.22. The summed E-state index contributed by atoms with van der Waals surface area (Å²) >= 11 is 0. The van der Waals surface area contributed by atoms with E-state index >= 15 is 0 Å². The molecular weight excluding hydrogens is 368 g/mol. The van der Waals surface area contributed by atoms with Crippen LogP contribution in [0.3, 0.4) is 0 Å². The van der Waals surface area contributed by atoms with Gasteiger partial charge in [0.1, 0.15) is 5.75 Å². The number of carbonyl (C=O) groups excluding carboxylic acids is 2. The summed E-state index contributed by atoms with van der Waals surface area (Å²) < 4.78 is 7.69. The van der Waals surface area contributed by atoms with Crippen molar-refractivity contribution in [2.45, 2.75) is 26.0 Å². The van der Waals surface area contributed by atoms with E-state index in [9.17, 15) is 9.59 Å². The molecule has 0 radical (unpaired) electrons. The maximum atomic E-state index is 13.1. The molecular formula is C22H22N4O3. The third-order valence-corrected chi connectivity index (χ3v) is 4.96. The summed E-state index contributed by atoms with van der Waals surface area (Å²) in [4.78, 5) is 27.8. The van der Waals surface area contributed by atoms with Crippen LogP contribution in [0.15, 0.2) is 67.0 Å². The molecule has 2 amide bonds. The Kier molecular flexibility index (Phi) is 4.80. The summed E-state index contributed by atoms with van der Waals surface area (Å²) in [6.07, 6.45) is 3.59. The van der Waals surface area contributed by atoms with Crippen molar-refractivity contribution < 1.29 is 14.3 Å². The first kappa shape index (κ1) is 18.7. The highest BCUT2D eigenvalue weighted by Crippen LogP contribution is 2.37. The van der Waals surface area contributed by atoms with Crippen molar-refractivity contribution in [3.63, 3.8) is 0 Å². The lowest BCUT2D eigenvalue weighted by atomic mass is 9.99. The third kappa shape index (κ3) is 3.47. The first-order valence-corrected chi connectivity index (χ1v) is 9.49. The summed E-state index contributed by atoms with van der Waals surface area (Å²) in [5.41, 5.74) is 0.598. The van der Waals surface area contributed by atoms with Gasteiger partial charge in [-0.15, -0.1) is 0 Å². The number of benzene rings is 2. The van der Waals surface area contributed by atoms with Gasteiger partial charge in [0, 0.05) is 24.6 Å². The number of rotatable bonds is 5. The van der Waals surface area contributed by atoms with E-state index in [2.05, 4.69) is 10.4 Å². The van der Waals surface area contributed by atoms with Crippen LogP contribution in [-0.4, -0.2) is 33.7 Å². The molecule has 0 saturated carbocycles. The van der Waals surface area contributed by atoms with Crippen LogP contribution in [0, 0.1) is 0 Å². The topological polar surface area (TPSA) is 76.5 Å². The Morgan fingerprint density at radius 2 is 2.00 bits per heavy atom. The molecule has 2 aromatic carbocycles. The summed E-state index contributed by atoms with van der Waals surface area (Å²) in [5.74, 6) is -0.380. The standard InChI is InChI=1S/C22H22N4O3/c1-3-26-18-10-4-5-11-19(18)29-22(2,21(26)28)20(27)24-17-9-6-8-16(14-17)15-25-13-7-12-23-25/h4-14H,3,15H2,1-2H3,(H,24,27). The van der Waals surface area contributed by atoms with E-state index in [1.807, 2.05) is 55.6 Å². The van der Waals surface area contributed by atoms with Crippen molar-refractivity contribution in [3.8, 4) is 5.75 Å². The lowest BCUT2D eigenvalue weighted by Gasteiger charge is -2.39. The Morgan fingerprint density at radius 1 is 1.17 bits per heavy atom. The molecule has 1 unspecified atom stereocenters. The summed E-state index contributed by atoms with van der Waals surface area (Å²) in [6.45, 7) is 4.41. The number of anilines is 2. The molecule has 2 heterocycles. The van der Waals surface area contributed by atoms with Gasteiger partial charge in [-0.05, 0) is 49.7 Å². The van der Waals surface area contributed by atoms with Crippen LogP contribution >= 0.6 is 0 Å². The minimum absolute atomic E-state index is 0.385. The lowest BCUT2D eigenvalue weighted by Crippen LogP contribution is -2.60. The Balaban J connectivity index is 1.57. The number of hydrogen-bond donors (Lipinski definition) is 1. The third-order valence-electron chi connectivity index (χ3n) is 4.96. The molecule has 7 nitrogen and oxygen atoms in total. The predicted molar refractivity (Wildman–Crippen MR) is 110 cm³/mol. The fraction of sp³-hybridized carbons (Fsp3) is 0.227. The first-order valence-electron chi connectivity index (χ1n) is 9.49. The van der Waals surface area contributed by atoms with Crippen LogP contribution in [0.4, 0.5) is 11.4 Å². The maximum Gasteiger partial charge on any atom is 0.280 e. The first-order chi connectivity index (χ1) is 14.0. The Bertz CT molecular complexity index is 1050. The second kappa shape index (κ2) is 7.43. The summed E-state index contributed by atoms with van der Waals surface area (Å²) in [6, 6.07) is 16.5. The van der Waals surface area contributed by atoms with Gasteiger partial charge in [-0.3, -0.25) is 14.3 Å². The van der Waals surface area contributed by atoms with Crippen molar-refractivity contribution in [2.75, 3.05) is 16.8 Å². The molecule has 148 valence electrons. The SMILES string of the molecule is CCN1C(=O)C(C)(C(=O)Nc2cccc(Cn3cccn3)c2)Oc2ccccc21. The van der Waals surface area contributed by atoms with Crippen molar-refractivity contribution in [1.82, 2.24) is 9.78 Å². The van der Waals surface area contributed by atoms with E-state index in [0.717, 1.165) is 5.56 Å². The normalized spacial score (nSPS) is 18.1. The van der Waals surface area contributed by atoms with E-state index in [-0.39, 0.29) is 5.91 Å². The quantitative estimate of drug-likeness (QED) is 0.680. The van der Waals surface area contributed by atoms with Gasteiger partial charge in [0.25, 0.3) is 17.4 Å². The van der Waals surface area contributed by atoms with Crippen molar-refractivity contribution in [2.24, 2.45) is 0 Å². The van der Waals surface area contributed by atoms with Gasteiger partial charge in [0.05, 0.1) is 12.2 Å². The number of para-hydroxylation sites is 2. The number of ether oxygens (including phenoxy) is 1. The molecule has 1 aromatic heterocycles. The van der Waals surface area contributed by atoms with E-state index in [1.54, 1.807) is 27.9 Å². The monoisotopic (exact) mass is 390 g/mol. The van der Waals surface area contributed by atoms with Gasteiger partial charge in [-0.1, -0.05) is 24.3 Å². The maximum absolute atomic E-state index is 13.1. The van der Waals surface area contributed by atoms with Gasteiger partial charge >= 0.3 is 0 Å². The number of fused-ring (bicyclic) bond motifs is 1. The number of nitrogens with one attached hydrogen (secondary N) is 1. The van der Waals surface area contributed by atoms with Crippen molar-refractivity contribution in [1.29, 1.82) is 0 Å². The smallest absolute Gasteiger partial charge is 0.280 e. The highest BCUT2D eigenvalue weighted by atomic mass is 16.5. The minimum atomic E-state index is -1.65. The Labute approximate surface area is 168 Å². The van der Waals surface area contributed by atoms with Gasteiger partial charge in [0.2, 0.25) is 0 Å². The number of nitrogens with zero attached hydrogens (tertiary/aromatic N) is 3. The van der Waals surface area contributed by atoms with Crippen LogP contribution in [0.5, 0.6) is 5.75 Å². The number of amides is 2. The molecule has 1 atom stereocenters. The zero-order valence-electron chi connectivity index (χ0n) is 16.3. The number of hydrogen-bond acceptors (Lipinski definition) is 4. The van der Waals surface area contributed by atoms with E-state index in [1.165, 1.54) is 6.92 Å². The fourth-order valence-corrected chi connectivity index (χ4v) is 3.43. The summed E-state index contributed by atoms with van der Waals surface area (Å²) in [5, 5.41) is 7.03. The largest absolute Gasteiger partial charge is 0.465 e. The highest BCUT2D eigenvalue weighted by molar-refractivity contribution is 6.19. The molecule has 0 fully saturated rings. The zero-order chi connectivity index (χ0) is 20.4. The van der Waals surface area contributed by atoms with Gasteiger partial charge < -0.3 is 15.0 Å². The molecule has 29 heavy (non-hydrogen) atoms. The van der Waals surface area contributed by atoms with Gasteiger partial charge in [-0.25, -0.2) is 0 Å². The second-order valence-electron chi connectivity index (χ2n) is 7.01. The van der Waals surface area contributed by atoms with Crippen LogP contribution in [-0.2, 0) is 16.1 Å². The number of likely N-dealkylation sites (N-methyl/N-ethyl adjacent to an activating group) is 1. The van der Waals surface area contributed by atoms with Gasteiger partial charge in [0.15, 0.2) is 0 Å². The molecule has 7 heteroatoms. The molecule has 1 N–H and O–H groups in total. The summed E-state index contributed by atoms with van der Waals surface area (Å²) in [7, 11) is 0. The minimum Gasteiger partial charge on any atom is -0.465 e. The lowest BCUT2D eigenvalue weighted by molar-refractivity contribution is -0.145. The molecule has 0 saturated heterocycles. The Hall–Kier alpha value is -3.61. The number of aromatic nitrogens is 2. The Morgan fingerprint density at radius 3 is 2.76 bits per heavy atom. The molecule has 4 rings (SSSR count). The van der Waals surface area contributed by atoms with E-state index in [0.29, 0.717) is 30.2 Å². The van der Waals surface area contributed by atoms with Crippen LogP contribution < -0.4 is 15.0 Å². The molecule has 0 spiro atoms. The highest BCUT2D eigenvalue weighted by Gasteiger charge is 2.50. The van der Waals surface area contributed by atoms with Gasteiger partial charge in [-0.2, -0.15) is 5.10 Å². The van der Waals surface area contributed by atoms with Crippen LogP contribution in [0.1, 0.15) is 19.4 Å². The number of carbonyl (C=O) groups is 2. The van der Waals surface area contributed by atoms with E-state index in [4.69, 9.17) is 4.74 Å². The van der Waals surface area contributed by atoms with Crippen molar-refractivity contribution in [3.05, 3.63) is 72.6 Å².